The summed E-state index contributed by atoms with van der Waals surface area (Å²) in [5.41, 5.74) is 1.45. The van der Waals surface area contributed by atoms with Gasteiger partial charge in [0, 0.05) is 26.2 Å². The van der Waals surface area contributed by atoms with E-state index in [2.05, 4.69) is 14.8 Å². The zero-order chi connectivity index (χ0) is 23.4. The summed E-state index contributed by atoms with van der Waals surface area (Å²) in [6.07, 6.45) is 3.29. The van der Waals surface area contributed by atoms with Gasteiger partial charge in [-0.05, 0) is 44.7 Å². The lowest BCUT2D eigenvalue weighted by Crippen LogP contribution is -2.56. The van der Waals surface area contributed by atoms with Gasteiger partial charge in [0.05, 0.1) is 16.8 Å². The van der Waals surface area contributed by atoms with Crippen LogP contribution in [0.25, 0.3) is 11.0 Å². The first kappa shape index (κ1) is 22.3. The molecule has 9 nitrogen and oxygen atoms in total. The van der Waals surface area contributed by atoms with Crippen LogP contribution in [0.2, 0.25) is 0 Å². The third-order valence-electron chi connectivity index (χ3n) is 6.88. The molecule has 3 saturated heterocycles. The molecule has 3 aliphatic heterocycles. The molecule has 1 aromatic heterocycles. The Bertz CT molecular complexity index is 1160. The molecule has 3 aliphatic rings. The average Bonchev–Trinajstić information content (AvgIpc) is 3.34. The molecule has 0 spiro atoms. The van der Waals surface area contributed by atoms with Gasteiger partial charge in [-0.1, -0.05) is 11.2 Å². The van der Waals surface area contributed by atoms with Gasteiger partial charge in [-0.2, -0.15) is 0 Å². The Balaban J connectivity index is 1.46. The van der Waals surface area contributed by atoms with Gasteiger partial charge in [0.1, 0.15) is 12.1 Å². The number of nitrogens with zero attached hydrogens (tertiary/aromatic N) is 4. The summed E-state index contributed by atoms with van der Waals surface area (Å²) < 4.78 is 61.5. The van der Waals surface area contributed by atoms with Gasteiger partial charge in [0.15, 0.2) is 11.4 Å². The van der Waals surface area contributed by atoms with Crippen molar-refractivity contribution >= 4 is 38.5 Å². The number of hydrogen-bond acceptors (Lipinski definition) is 6. The molecule has 0 saturated carbocycles. The van der Waals surface area contributed by atoms with Crippen LogP contribution in [0.5, 0.6) is 0 Å². The minimum absolute atomic E-state index is 0.0106. The molecule has 33 heavy (non-hydrogen) atoms. The number of rotatable bonds is 5. The lowest BCUT2D eigenvalue weighted by molar-refractivity contribution is -0.0448. The Morgan fingerprint density at radius 1 is 1.21 bits per heavy atom. The second kappa shape index (κ2) is 8.08. The number of amides is 2. The second-order valence-electron chi connectivity index (χ2n) is 8.84. The van der Waals surface area contributed by atoms with Crippen molar-refractivity contribution in [2.45, 2.75) is 50.6 Å². The number of hydrogen-bond donors (Lipinski definition) is 1. The van der Waals surface area contributed by atoms with E-state index in [0.29, 0.717) is 16.8 Å². The highest BCUT2D eigenvalue weighted by atomic mass is 32.2. The molecule has 5 rings (SSSR count). The van der Waals surface area contributed by atoms with Gasteiger partial charge in [-0.25, -0.2) is 26.7 Å². The van der Waals surface area contributed by atoms with Gasteiger partial charge >= 0.3 is 6.03 Å². The van der Waals surface area contributed by atoms with E-state index in [4.69, 9.17) is 4.52 Å². The summed E-state index contributed by atoms with van der Waals surface area (Å²) in [5.74, 6) is -3.36. The van der Waals surface area contributed by atoms with Crippen molar-refractivity contribution in [3.8, 4) is 0 Å². The summed E-state index contributed by atoms with van der Waals surface area (Å²) in [6.45, 7) is 2.79. The number of urea groups is 1. The number of nitrogens with one attached hydrogen (secondary N) is 1. The van der Waals surface area contributed by atoms with Gasteiger partial charge in [-0.15, -0.1) is 0 Å². The van der Waals surface area contributed by atoms with E-state index in [1.807, 2.05) is 12.1 Å². The van der Waals surface area contributed by atoms with Crippen molar-refractivity contribution in [2.75, 3.05) is 41.7 Å². The quantitative estimate of drug-likeness (QED) is 0.702. The third-order valence-corrected chi connectivity index (χ3v) is 8.28. The summed E-state index contributed by atoms with van der Waals surface area (Å²) in [5, 5.41) is 4.84. The molecule has 3 fully saturated rings. The number of carbonyl (C=O) groups is 1. The van der Waals surface area contributed by atoms with Crippen molar-refractivity contribution in [1.82, 2.24) is 14.8 Å². The van der Waals surface area contributed by atoms with E-state index < -0.39 is 40.6 Å². The van der Waals surface area contributed by atoms with Crippen LogP contribution in [-0.2, 0) is 10.0 Å². The molecule has 1 N–H and O–H groups in total. The highest BCUT2D eigenvalue weighted by molar-refractivity contribution is 7.89. The monoisotopic (exact) mass is 483 g/mol. The molecule has 2 amide bonds. The van der Waals surface area contributed by atoms with E-state index in [1.165, 1.54) is 18.2 Å². The SMILES string of the molecule is CCS(=O)(=O)N[C@@H]1CN2C(=O)N(c3noc4cccc(N5CCCCC5)c34)CC[C@@H]2C1(F)F. The smallest absolute Gasteiger partial charge is 0.326 e. The van der Waals surface area contributed by atoms with Gasteiger partial charge in [-0.3, -0.25) is 4.90 Å². The fourth-order valence-electron chi connectivity index (χ4n) is 5.10. The number of anilines is 2. The Kier molecular flexibility index (Phi) is 5.47. The maximum absolute atomic E-state index is 15.0. The molecule has 0 radical (unpaired) electrons. The Hall–Kier alpha value is -2.47. The number of aromatic nitrogens is 1. The van der Waals surface area contributed by atoms with Crippen molar-refractivity contribution in [1.29, 1.82) is 0 Å². The normalized spacial score (nSPS) is 25.7. The van der Waals surface area contributed by atoms with Gasteiger partial charge in [0.25, 0.3) is 5.92 Å². The zero-order valence-electron chi connectivity index (χ0n) is 18.3. The number of carbonyl (C=O) groups excluding carboxylic acids is 1. The number of alkyl halides is 2. The molecule has 0 bridgehead atoms. The van der Waals surface area contributed by atoms with Crippen LogP contribution in [0.15, 0.2) is 22.7 Å². The maximum Gasteiger partial charge on any atom is 0.326 e. The summed E-state index contributed by atoms with van der Waals surface area (Å²) in [4.78, 5) is 18.0. The van der Waals surface area contributed by atoms with Crippen molar-refractivity contribution in [3.63, 3.8) is 0 Å². The summed E-state index contributed by atoms with van der Waals surface area (Å²) in [7, 11) is -3.85. The Labute approximate surface area is 190 Å². The minimum Gasteiger partial charge on any atom is -0.371 e. The highest BCUT2D eigenvalue weighted by Gasteiger charge is 2.60. The summed E-state index contributed by atoms with van der Waals surface area (Å²) >= 11 is 0. The lowest BCUT2D eigenvalue weighted by Gasteiger charge is -2.38. The lowest BCUT2D eigenvalue weighted by atomic mass is 10.0. The van der Waals surface area contributed by atoms with Crippen LogP contribution < -0.4 is 14.5 Å². The molecule has 0 aliphatic carbocycles. The Morgan fingerprint density at radius 3 is 2.70 bits per heavy atom. The van der Waals surface area contributed by atoms with Gasteiger partial charge < -0.3 is 14.3 Å². The van der Waals surface area contributed by atoms with Crippen LogP contribution in [0, 0.1) is 0 Å². The number of piperidine rings is 1. The Morgan fingerprint density at radius 2 is 1.97 bits per heavy atom. The maximum atomic E-state index is 15.0. The van der Waals surface area contributed by atoms with Crippen LogP contribution in [0.1, 0.15) is 32.6 Å². The van der Waals surface area contributed by atoms with E-state index in [9.17, 15) is 13.2 Å². The van der Waals surface area contributed by atoms with Crippen LogP contribution in [0.3, 0.4) is 0 Å². The molecular formula is C21H27F2N5O4S. The first-order valence-electron chi connectivity index (χ1n) is 11.3. The van der Waals surface area contributed by atoms with E-state index in [0.717, 1.165) is 36.5 Å². The zero-order valence-corrected chi connectivity index (χ0v) is 19.2. The average molecular weight is 484 g/mol. The van der Waals surface area contributed by atoms with Crippen LogP contribution in [-0.4, -0.2) is 74.4 Å². The van der Waals surface area contributed by atoms with E-state index >= 15 is 8.78 Å². The predicted octanol–water partition coefficient (Wildman–Crippen LogP) is 2.78. The van der Waals surface area contributed by atoms with Crippen molar-refractivity contribution in [3.05, 3.63) is 18.2 Å². The van der Waals surface area contributed by atoms with Crippen LogP contribution in [0.4, 0.5) is 25.1 Å². The second-order valence-corrected chi connectivity index (χ2v) is 10.9. The van der Waals surface area contributed by atoms with Crippen LogP contribution >= 0.6 is 0 Å². The molecule has 2 aromatic rings. The number of halogens is 2. The first-order valence-corrected chi connectivity index (χ1v) is 13.0. The predicted molar refractivity (Wildman–Crippen MR) is 119 cm³/mol. The summed E-state index contributed by atoms with van der Waals surface area (Å²) in [6, 6.07) is 1.97. The largest absolute Gasteiger partial charge is 0.371 e. The van der Waals surface area contributed by atoms with Gasteiger partial charge in [0.2, 0.25) is 10.0 Å². The van der Waals surface area contributed by atoms with E-state index in [-0.39, 0.29) is 18.7 Å². The van der Waals surface area contributed by atoms with Crippen molar-refractivity contribution < 1.29 is 26.5 Å². The minimum atomic E-state index is -3.85. The fraction of sp³-hybridized carbons (Fsp3) is 0.619. The van der Waals surface area contributed by atoms with E-state index in [1.54, 1.807) is 6.07 Å². The third kappa shape index (κ3) is 3.72. The standard InChI is InChI=1S/C21H27F2N5O4S/c1-2-33(30,31)25-16-13-28-17(21(16,22)23)9-12-27(20(28)29)19-18-14(26-10-4-3-5-11-26)7-6-8-15(18)32-24-19/h6-8,16-17,25H,2-5,9-13H2,1H3/t16-,17-/m1/s1. The highest BCUT2D eigenvalue weighted by Crippen LogP contribution is 2.42. The molecule has 180 valence electrons. The fourth-order valence-corrected chi connectivity index (χ4v) is 5.93. The molecule has 0 unspecified atom stereocenters. The topological polar surface area (TPSA) is 99.0 Å². The molecule has 2 atom stereocenters. The first-order chi connectivity index (χ1) is 15.7. The molecule has 4 heterocycles. The molecular weight excluding hydrogens is 456 g/mol. The number of fused-ring (bicyclic) bond motifs is 2. The number of sulfonamides is 1. The number of benzene rings is 1. The van der Waals surface area contributed by atoms with Crippen molar-refractivity contribution in [2.24, 2.45) is 0 Å². The molecule has 12 heteroatoms. The molecule has 1 aromatic carbocycles.